The van der Waals surface area contributed by atoms with E-state index in [9.17, 15) is 0 Å². The predicted molar refractivity (Wildman–Crippen MR) is 131 cm³/mol. The maximum Gasteiger partial charge on any atom is 0.0979 e. The monoisotopic (exact) mass is 409 g/mol. The van der Waals surface area contributed by atoms with Crippen molar-refractivity contribution in [3.8, 4) is 33.6 Å². The van der Waals surface area contributed by atoms with Gasteiger partial charge >= 0.3 is 0 Å². The third kappa shape index (κ3) is 3.12. The summed E-state index contributed by atoms with van der Waals surface area (Å²) >= 11 is 0. The molecule has 0 amide bonds. The molecule has 0 saturated heterocycles. The van der Waals surface area contributed by atoms with Crippen LogP contribution >= 0.6 is 0 Å². The quantitative estimate of drug-likeness (QED) is 0.311. The number of hydrogen-bond acceptors (Lipinski definition) is 3. The Morgan fingerprint density at radius 3 is 1.75 bits per heavy atom. The lowest BCUT2D eigenvalue weighted by molar-refractivity contribution is 1.30. The summed E-state index contributed by atoms with van der Waals surface area (Å²) in [4.78, 5) is 14.5. The average Bonchev–Trinajstić information content (AvgIpc) is 2.88. The van der Waals surface area contributed by atoms with E-state index in [4.69, 9.17) is 9.97 Å². The van der Waals surface area contributed by atoms with E-state index in [1.807, 2.05) is 54.7 Å². The molecule has 2 heterocycles. The van der Waals surface area contributed by atoms with Crippen molar-refractivity contribution in [3.63, 3.8) is 0 Å². The van der Waals surface area contributed by atoms with Crippen LogP contribution in [0.4, 0.5) is 0 Å². The van der Waals surface area contributed by atoms with Crippen molar-refractivity contribution in [1.29, 1.82) is 0 Å². The van der Waals surface area contributed by atoms with Crippen LogP contribution in [0.2, 0.25) is 0 Å². The standard InChI is InChI=1S/C29H19N3/c1-2-9-20(10-3-1)28-29(32-27-15-7-6-14-26(27)31-28)25-17-16-22(21-11-8-18-30-19-21)23-12-4-5-13-24(23)25/h1-19H. The molecule has 150 valence electrons. The number of aromatic nitrogens is 3. The minimum atomic E-state index is 0.891. The van der Waals surface area contributed by atoms with Gasteiger partial charge in [0, 0.05) is 29.1 Å². The molecule has 6 aromatic rings. The second-order valence-corrected chi connectivity index (χ2v) is 7.72. The van der Waals surface area contributed by atoms with Gasteiger partial charge in [0.05, 0.1) is 22.4 Å². The summed E-state index contributed by atoms with van der Waals surface area (Å²) < 4.78 is 0. The Kier molecular flexibility index (Phi) is 4.43. The Labute approximate surface area is 186 Å². The predicted octanol–water partition coefficient (Wildman–Crippen LogP) is 7.18. The molecule has 0 aliphatic rings. The maximum absolute atomic E-state index is 5.10. The lowest BCUT2D eigenvalue weighted by Gasteiger charge is -2.15. The second-order valence-electron chi connectivity index (χ2n) is 7.72. The molecule has 0 radical (unpaired) electrons. The van der Waals surface area contributed by atoms with Crippen molar-refractivity contribution < 1.29 is 0 Å². The molecule has 6 rings (SSSR count). The first kappa shape index (κ1) is 18.4. The zero-order valence-electron chi connectivity index (χ0n) is 17.3. The van der Waals surface area contributed by atoms with E-state index in [0.717, 1.165) is 50.1 Å². The van der Waals surface area contributed by atoms with Crippen molar-refractivity contribution in [2.24, 2.45) is 0 Å². The van der Waals surface area contributed by atoms with Crippen LogP contribution in [0.1, 0.15) is 0 Å². The molecular formula is C29H19N3. The molecule has 3 heteroatoms. The summed E-state index contributed by atoms with van der Waals surface area (Å²) in [6.07, 6.45) is 3.71. The van der Waals surface area contributed by atoms with Gasteiger partial charge in [-0.2, -0.15) is 0 Å². The van der Waals surface area contributed by atoms with E-state index in [2.05, 4.69) is 59.6 Å². The smallest absolute Gasteiger partial charge is 0.0979 e. The van der Waals surface area contributed by atoms with Gasteiger partial charge in [0.1, 0.15) is 0 Å². The van der Waals surface area contributed by atoms with Gasteiger partial charge in [-0.3, -0.25) is 4.98 Å². The number of nitrogens with zero attached hydrogens (tertiary/aromatic N) is 3. The Morgan fingerprint density at radius 2 is 1.03 bits per heavy atom. The van der Waals surface area contributed by atoms with Gasteiger partial charge in [0.25, 0.3) is 0 Å². The molecule has 0 fully saturated rings. The summed E-state index contributed by atoms with van der Waals surface area (Å²) in [6, 6.07) is 35.2. The lowest BCUT2D eigenvalue weighted by atomic mass is 9.93. The van der Waals surface area contributed by atoms with Gasteiger partial charge in [-0.1, -0.05) is 84.9 Å². The fourth-order valence-corrected chi connectivity index (χ4v) is 4.26. The molecule has 0 spiro atoms. The van der Waals surface area contributed by atoms with Gasteiger partial charge in [-0.25, -0.2) is 9.97 Å². The topological polar surface area (TPSA) is 38.7 Å². The highest BCUT2D eigenvalue weighted by Crippen LogP contribution is 2.38. The summed E-state index contributed by atoms with van der Waals surface area (Å²) in [5, 5.41) is 2.32. The summed E-state index contributed by atoms with van der Waals surface area (Å²) in [5.41, 5.74) is 7.96. The number of rotatable bonds is 3. The number of benzene rings is 4. The Hall–Kier alpha value is -4.37. The van der Waals surface area contributed by atoms with Crippen LogP contribution in [0, 0.1) is 0 Å². The molecule has 32 heavy (non-hydrogen) atoms. The van der Waals surface area contributed by atoms with Crippen molar-refractivity contribution in [3.05, 3.63) is 116 Å². The molecule has 0 saturated carbocycles. The first-order valence-corrected chi connectivity index (χ1v) is 10.6. The molecule has 3 nitrogen and oxygen atoms in total. The van der Waals surface area contributed by atoms with E-state index in [-0.39, 0.29) is 0 Å². The van der Waals surface area contributed by atoms with Gasteiger partial charge in [-0.15, -0.1) is 0 Å². The Morgan fingerprint density at radius 1 is 0.438 bits per heavy atom. The average molecular weight is 409 g/mol. The SMILES string of the molecule is c1ccc(-c2nc3ccccc3nc2-c2ccc(-c3cccnc3)c3ccccc23)cc1. The lowest BCUT2D eigenvalue weighted by Crippen LogP contribution is -1.96. The van der Waals surface area contributed by atoms with Crippen molar-refractivity contribution >= 4 is 21.8 Å². The van der Waals surface area contributed by atoms with Gasteiger partial charge in [0.15, 0.2) is 0 Å². The first-order chi connectivity index (χ1) is 15.9. The minimum absolute atomic E-state index is 0.891. The number of para-hydroxylation sites is 2. The van der Waals surface area contributed by atoms with Gasteiger partial charge in [-0.05, 0) is 34.5 Å². The van der Waals surface area contributed by atoms with Gasteiger partial charge in [0.2, 0.25) is 0 Å². The zero-order chi connectivity index (χ0) is 21.3. The molecule has 0 aliphatic heterocycles. The Bertz CT molecular complexity index is 1560. The third-order valence-electron chi connectivity index (χ3n) is 5.77. The summed E-state index contributed by atoms with van der Waals surface area (Å²) in [5.74, 6) is 0. The largest absolute Gasteiger partial charge is 0.264 e. The van der Waals surface area contributed by atoms with Crippen LogP contribution < -0.4 is 0 Å². The molecule has 0 bridgehead atoms. The van der Waals surface area contributed by atoms with Crippen LogP contribution in [0.5, 0.6) is 0 Å². The highest BCUT2D eigenvalue weighted by molar-refractivity contribution is 6.06. The molecule has 0 aliphatic carbocycles. The number of fused-ring (bicyclic) bond motifs is 2. The molecular weight excluding hydrogens is 390 g/mol. The van der Waals surface area contributed by atoms with Crippen LogP contribution in [0.3, 0.4) is 0 Å². The van der Waals surface area contributed by atoms with Crippen LogP contribution in [0.25, 0.3) is 55.4 Å². The van der Waals surface area contributed by atoms with E-state index in [1.165, 1.54) is 5.39 Å². The molecule has 0 N–H and O–H groups in total. The highest BCUT2D eigenvalue weighted by Gasteiger charge is 2.17. The molecule has 4 aromatic carbocycles. The normalized spacial score (nSPS) is 11.1. The molecule has 0 unspecified atom stereocenters. The van der Waals surface area contributed by atoms with Crippen molar-refractivity contribution in [2.45, 2.75) is 0 Å². The van der Waals surface area contributed by atoms with E-state index in [1.54, 1.807) is 6.20 Å². The van der Waals surface area contributed by atoms with Crippen LogP contribution in [0.15, 0.2) is 116 Å². The first-order valence-electron chi connectivity index (χ1n) is 10.6. The van der Waals surface area contributed by atoms with Crippen LogP contribution in [-0.2, 0) is 0 Å². The van der Waals surface area contributed by atoms with Crippen molar-refractivity contribution in [2.75, 3.05) is 0 Å². The summed E-state index contributed by atoms with van der Waals surface area (Å²) in [6.45, 7) is 0. The summed E-state index contributed by atoms with van der Waals surface area (Å²) in [7, 11) is 0. The van der Waals surface area contributed by atoms with Crippen LogP contribution in [-0.4, -0.2) is 15.0 Å². The molecule has 2 aromatic heterocycles. The fourth-order valence-electron chi connectivity index (χ4n) is 4.26. The van der Waals surface area contributed by atoms with E-state index < -0.39 is 0 Å². The minimum Gasteiger partial charge on any atom is -0.264 e. The van der Waals surface area contributed by atoms with Gasteiger partial charge < -0.3 is 0 Å². The van der Waals surface area contributed by atoms with E-state index in [0.29, 0.717) is 0 Å². The number of hydrogen-bond donors (Lipinski definition) is 0. The van der Waals surface area contributed by atoms with E-state index >= 15 is 0 Å². The zero-order valence-corrected chi connectivity index (χ0v) is 17.3. The second kappa shape index (κ2) is 7.71. The third-order valence-corrected chi connectivity index (χ3v) is 5.77. The highest BCUT2D eigenvalue weighted by atomic mass is 14.8. The maximum atomic E-state index is 5.10. The fraction of sp³-hybridized carbons (Fsp3) is 0. The Balaban J connectivity index is 1.67. The molecule has 0 atom stereocenters. The van der Waals surface area contributed by atoms with Crippen molar-refractivity contribution in [1.82, 2.24) is 15.0 Å². The number of pyridine rings is 1.